The van der Waals surface area contributed by atoms with Crippen molar-refractivity contribution in [3.05, 3.63) is 88.2 Å². The lowest BCUT2D eigenvalue weighted by Gasteiger charge is -2.13. The zero-order valence-corrected chi connectivity index (χ0v) is 18.3. The van der Waals surface area contributed by atoms with Gasteiger partial charge in [-0.15, -0.1) is 0 Å². The molecule has 0 atom stereocenters. The van der Waals surface area contributed by atoms with Crippen LogP contribution in [-0.4, -0.2) is 27.5 Å². The molecule has 0 unspecified atom stereocenters. The van der Waals surface area contributed by atoms with Crippen LogP contribution in [0.5, 0.6) is 5.75 Å². The zero-order valence-electron chi connectivity index (χ0n) is 15.9. The molecule has 3 aromatic rings. The third-order valence-electron chi connectivity index (χ3n) is 4.05. The van der Waals surface area contributed by atoms with Crippen LogP contribution >= 0.6 is 23.2 Å². The van der Waals surface area contributed by atoms with Gasteiger partial charge in [-0.1, -0.05) is 41.4 Å². The van der Waals surface area contributed by atoms with Crippen LogP contribution in [0.4, 0.5) is 10.1 Å². The number of anilines is 1. The number of halogens is 3. The van der Waals surface area contributed by atoms with Crippen molar-refractivity contribution in [2.45, 2.75) is 4.90 Å². The third kappa shape index (κ3) is 6.10. The van der Waals surface area contributed by atoms with Crippen molar-refractivity contribution in [3.63, 3.8) is 0 Å². The van der Waals surface area contributed by atoms with E-state index in [2.05, 4.69) is 10.0 Å². The van der Waals surface area contributed by atoms with E-state index < -0.39 is 21.7 Å². The monoisotopic (exact) mass is 482 g/mol. The van der Waals surface area contributed by atoms with Crippen LogP contribution in [0.2, 0.25) is 10.0 Å². The Balaban J connectivity index is 1.72. The number of sulfonamides is 1. The predicted molar refractivity (Wildman–Crippen MR) is 118 cm³/mol. The smallest absolute Gasteiger partial charge is 0.263 e. The van der Waals surface area contributed by atoms with Crippen LogP contribution in [0.15, 0.2) is 71.6 Å². The molecule has 0 radical (unpaired) electrons. The molecule has 0 saturated heterocycles. The summed E-state index contributed by atoms with van der Waals surface area (Å²) in [6, 6.07) is 16.1. The second kappa shape index (κ2) is 10.00. The van der Waals surface area contributed by atoms with E-state index in [1.807, 2.05) is 18.2 Å². The molecule has 0 fully saturated rings. The van der Waals surface area contributed by atoms with E-state index in [0.29, 0.717) is 5.75 Å². The number of nitrogens with one attached hydrogen (secondary N) is 2. The molecule has 3 rings (SSSR count). The molecule has 10 heteroatoms. The highest BCUT2D eigenvalue weighted by molar-refractivity contribution is 7.92. The van der Waals surface area contributed by atoms with Gasteiger partial charge in [-0.3, -0.25) is 9.52 Å². The molecule has 6 nitrogen and oxygen atoms in total. The molecule has 162 valence electrons. The topological polar surface area (TPSA) is 84.5 Å². The molecule has 1 amide bonds. The average molecular weight is 483 g/mol. The van der Waals surface area contributed by atoms with Crippen LogP contribution in [0.1, 0.15) is 10.4 Å². The van der Waals surface area contributed by atoms with Gasteiger partial charge in [0.1, 0.15) is 23.1 Å². The SMILES string of the molecule is O=C(NCCOc1ccccc1)c1cc(S(=O)(=O)Nc2ccc(F)cc2)c(Cl)cc1Cl. The summed E-state index contributed by atoms with van der Waals surface area (Å²) < 4.78 is 46.3. The van der Waals surface area contributed by atoms with Gasteiger partial charge >= 0.3 is 0 Å². The summed E-state index contributed by atoms with van der Waals surface area (Å²) in [6.07, 6.45) is 0. The van der Waals surface area contributed by atoms with E-state index in [-0.39, 0.29) is 39.3 Å². The number of hydrogen-bond donors (Lipinski definition) is 2. The normalized spacial score (nSPS) is 11.1. The summed E-state index contributed by atoms with van der Waals surface area (Å²) in [5, 5.41) is 2.45. The van der Waals surface area contributed by atoms with Gasteiger partial charge in [0.15, 0.2) is 0 Å². The summed E-state index contributed by atoms with van der Waals surface area (Å²) in [4.78, 5) is 12.2. The number of carbonyl (C=O) groups excluding carboxylic acids is 1. The summed E-state index contributed by atoms with van der Waals surface area (Å²) in [5.41, 5.74) is 0.0711. The van der Waals surface area contributed by atoms with Gasteiger partial charge in [0.05, 0.1) is 22.2 Å². The number of para-hydroxylation sites is 1. The van der Waals surface area contributed by atoms with Gasteiger partial charge in [-0.25, -0.2) is 12.8 Å². The van der Waals surface area contributed by atoms with Crippen molar-refractivity contribution in [1.29, 1.82) is 0 Å². The van der Waals surface area contributed by atoms with Crippen molar-refractivity contribution in [2.24, 2.45) is 0 Å². The van der Waals surface area contributed by atoms with Crippen molar-refractivity contribution < 1.29 is 22.3 Å². The maximum absolute atomic E-state index is 13.1. The first-order chi connectivity index (χ1) is 14.8. The highest BCUT2D eigenvalue weighted by Gasteiger charge is 2.23. The minimum absolute atomic E-state index is 0.00721. The first kappa shape index (κ1) is 22.9. The van der Waals surface area contributed by atoms with E-state index in [9.17, 15) is 17.6 Å². The molecular weight excluding hydrogens is 466 g/mol. The average Bonchev–Trinajstić information content (AvgIpc) is 2.73. The lowest BCUT2D eigenvalue weighted by Crippen LogP contribution is -2.28. The molecule has 0 bridgehead atoms. The number of ether oxygens (including phenoxy) is 1. The Hall–Kier alpha value is -2.81. The molecule has 0 saturated carbocycles. The van der Waals surface area contributed by atoms with E-state index in [0.717, 1.165) is 18.2 Å². The van der Waals surface area contributed by atoms with Crippen LogP contribution < -0.4 is 14.8 Å². The van der Waals surface area contributed by atoms with Crippen LogP contribution in [0.25, 0.3) is 0 Å². The third-order valence-corrected chi connectivity index (χ3v) is 6.21. The van der Waals surface area contributed by atoms with Crippen LogP contribution in [-0.2, 0) is 10.0 Å². The second-order valence-corrected chi connectivity index (χ2v) is 8.76. The minimum Gasteiger partial charge on any atom is -0.492 e. The van der Waals surface area contributed by atoms with Crippen LogP contribution in [0.3, 0.4) is 0 Å². The molecular formula is C21H17Cl2FN2O4S. The summed E-state index contributed by atoms with van der Waals surface area (Å²) >= 11 is 12.2. The predicted octanol–water partition coefficient (Wildman–Crippen LogP) is 4.74. The number of amides is 1. The fraction of sp³-hybridized carbons (Fsp3) is 0.0952. The van der Waals surface area contributed by atoms with Gasteiger partial charge in [-0.05, 0) is 48.5 Å². The molecule has 0 aliphatic rings. The van der Waals surface area contributed by atoms with E-state index in [1.165, 1.54) is 18.2 Å². The lowest BCUT2D eigenvalue weighted by atomic mass is 10.2. The van der Waals surface area contributed by atoms with Gasteiger partial charge < -0.3 is 10.1 Å². The van der Waals surface area contributed by atoms with E-state index in [4.69, 9.17) is 27.9 Å². The Morgan fingerprint density at radius 2 is 1.65 bits per heavy atom. The first-order valence-corrected chi connectivity index (χ1v) is 11.2. The quantitative estimate of drug-likeness (QED) is 0.454. The van der Waals surface area contributed by atoms with Crippen LogP contribution in [0, 0.1) is 5.82 Å². The highest BCUT2D eigenvalue weighted by Crippen LogP contribution is 2.30. The van der Waals surface area contributed by atoms with Crippen molar-refractivity contribution in [1.82, 2.24) is 5.32 Å². The van der Waals surface area contributed by atoms with Gasteiger partial charge in [-0.2, -0.15) is 0 Å². The Kier molecular flexibility index (Phi) is 7.37. The van der Waals surface area contributed by atoms with Crippen molar-refractivity contribution in [2.75, 3.05) is 17.9 Å². The molecule has 0 heterocycles. The number of rotatable bonds is 8. The molecule has 3 aromatic carbocycles. The fourth-order valence-corrected chi connectivity index (χ4v) is 4.50. The Morgan fingerprint density at radius 3 is 2.32 bits per heavy atom. The second-order valence-electron chi connectivity index (χ2n) is 6.29. The lowest BCUT2D eigenvalue weighted by molar-refractivity contribution is 0.0947. The minimum atomic E-state index is -4.16. The van der Waals surface area contributed by atoms with Gasteiger partial charge in [0.25, 0.3) is 15.9 Å². The largest absolute Gasteiger partial charge is 0.492 e. The molecule has 0 aliphatic carbocycles. The maximum Gasteiger partial charge on any atom is 0.263 e. The summed E-state index contributed by atoms with van der Waals surface area (Å²) in [5.74, 6) is -0.444. The van der Waals surface area contributed by atoms with Gasteiger partial charge in [0, 0.05) is 5.69 Å². The summed E-state index contributed by atoms with van der Waals surface area (Å²) in [7, 11) is -4.16. The molecule has 2 N–H and O–H groups in total. The van der Waals surface area contributed by atoms with Gasteiger partial charge in [0.2, 0.25) is 0 Å². The van der Waals surface area contributed by atoms with Crippen molar-refractivity contribution in [3.8, 4) is 5.75 Å². The fourth-order valence-electron chi connectivity index (χ4n) is 2.58. The number of carbonyl (C=O) groups is 1. The first-order valence-electron chi connectivity index (χ1n) is 9.00. The maximum atomic E-state index is 13.1. The Morgan fingerprint density at radius 1 is 0.968 bits per heavy atom. The molecule has 0 aromatic heterocycles. The number of hydrogen-bond acceptors (Lipinski definition) is 4. The Bertz CT molecular complexity index is 1170. The molecule has 0 spiro atoms. The highest BCUT2D eigenvalue weighted by atomic mass is 35.5. The van der Waals surface area contributed by atoms with Crippen molar-refractivity contribution >= 4 is 44.8 Å². The van der Waals surface area contributed by atoms with E-state index in [1.54, 1.807) is 12.1 Å². The summed E-state index contributed by atoms with van der Waals surface area (Å²) in [6.45, 7) is 0.376. The zero-order chi connectivity index (χ0) is 22.4. The standard InChI is InChI=1S/C21H17Cl2FN2O4S/c22-18-13-19(23)20(31(28,29)26-15-8-6-14(24)7-9-15)12-17(18)21(27)25-10-11-30-16-4-2-1-3-5-16/h1-9,12-13,26H,10-11H2,(H,25,27). The Labute approximate surface area is 189 Å². The van der Waals surface area contributed by atoms with E-state index >= 15 is 0 Å². The molecule has 31 heavy (non-hydrogen) atoms. The number of benzene rings is 3. The molecule has 0 aliphatic heterocycles.